The fraction of sp³-hybridized carbons (Fsp3) is 0.222. The lowest BCUT2D eigenvalue weighted by Gasteiger charge is -2.31. The van der Waals surface area contributed by atoms with Crippen LogP contribution in [0, 0.1) is 23.0 Å². The van der Waals surface area contributed by atoms with Crippen molar-refractivity contribution < 1.29 is 19.2 Å². The number of aromatic nitrogens is 2. The van der Waals surface area contributed by atoms with Gasteiger partial charge in [0.15, 0.2) is 5.78 Å². The molecule has 2 aromatic heterocycles. The largest absolute Gasteiger partial charge is 0.463 e. The lowest BCUT2D eigenvalue weighted by atomic mass is 9.77. The predicted octanol–water partition coefficient (Wildman–Crippen LogP) is 4.39. The van der Waals surface area contributed by atoms with Crippen LogP contribution >= 0.6 is 0 Å². The molecule has 0 radical (unpaired) electrons. The minimum Gasteiger partial charge on any atom is -0.463 e. The van der Waals surface area contributed by atoms with Crippen molar-refractivity contribution in [3.05, 3.63) is 92.7 Å². The van der Waals surface area contributed by atoms with Gasteiger partial charge in [-0.05, 0) is 62.7 Å². The highest BCUT2D eigenvalue weighted by molar-refractivity contribution is 6.21. The quantitative estimate of drug-likeness (QED) is 0.199. The number of esters is 1. The number of fused-ring (bicyclic) bond motifs is 1. The highest BCUT2D eigenvalue weighted by Gasteiger charge is 2.48. The van der Waals surface area contributed by atoms with Crippen LogP contribution in [0.3, 0.4) is 0 Å². The number of amidine groups is 1. The highest BCUT2D eigenvalue weighted by atomic mass is 16.6. The van der Waals surface area contributed by atoms with E-state index in [-0.39, 0.29) is 23.8 Å². The Hall–Kier alpha value is -4.73. The third-order valence-corrected chi connectivity index (χ3v) is 6.53. The first-order chi connectivity index (χ1) is 17.8. The number of aliphatic imine (C=N–C) groups is 1. The molecule has 2 unspecified atom stereocenters. The number of nitro groups is 1. The summed E-state index contributed by atoms with van der Waals surface area (Å²) in [6, 6.07) is 12.1. The van der Waals surface area contributed by atoms with Crippen LogP contribution in [0.15, 0.2) is 70.6 Å². The Balaban J connectivity index is 1.50. The Kier molecular flexibility index (Phi) is 6.08. The number of nitro benzene ring substituents is 1. The van der Waals surface area contributed by atoms with Crippen LogP contribution in [0.5, 0.6) is 0 Å². The van der Waals surface area contributed by atoms with E-state index in [0.717, 1.165) is 5.56 Å². The molecule has 2 aliphatic rings. The number of Topliss-reactive ketones (excluding diaryl/α,β-unsaturated/α-hetero) is 1. The molecule has 188 valence electrons. The van der Waals surface area contributed by atoms with Crippen molar-refractivity contribution in [3.8, 4) is 11.3 Å². The minimum absolute atomic E-state index is 0.00436. The molecule has 5 rings (SSSR count). The van der Waals surface area contributed by atoms with Crippen molar-refractivity contribution >= 4 is 29.4 Å². The number of H-pyrrole nitrogens is 2. The number of aromatic amines is 2. The molecule has 2 atom stereocenters. The molecule has 0 aliphatic carbocycles. The van der Waals surface area contributed by atoms with Crippen molar-refractivity contribution in [1.29, 1.82) is 0 Å². The summed E-state index contributed by atoms with van der Waals surface area (Å²) in [4.78, 5) is 48.5. The van der Waals surface area contributed by atoms with Gasteiger partial charge in [0.2, 0.25) is 0 Å². The number of nitrogens with zero attached hydrogens (tertiary/aromatic N) is 2. The molecule has 0 bridgehead atoms. The molecule has 0 fully saturated rings. The van der Waals surface area contributed by atoms with Crippen LogP contribution in [0.1, 0.15) is 36.7 Å². The van der Waals surface area contributed by atoms with Crippen molar-refractivity contribution in [3.63, 3.8) is 0 Å². The van der Waals surface area contributed by atoms with Gasteiger partial charge < -0.3 is 20.0 Å². The monoisotopic (exact) mass is 499 g/mol. The number of rotatable bonds is 6. The number of hydrogen-bond donors (Lipinski definition) is 3. The third-order valence-electron chi connectivity index (χ3n) is 6.53. The zero-order valence-corrected chi connectivity index (χ0v) is 20.5. The maximum Gasteiger partial charge on any atom is 0.336 e. The van der Waals surface area contributed by atoms with Crippen LogP contribution < -0.4 is 5.32 Å². The van der Waals surface area contributed by atoms with Crippen molar-refractivity contribution in [2.24, 2.45) is 10.9 Å². The summed E-state index contributed by atoms with van der Waals surface area (Å²) in [6.45, 7) is 5.51. The van der Waals surface area contributed by atoms with E-state index in [0.29, 0.717) is 39.8 Å². The Morgan fingerprint density at radius 1 is 1.19 bits per heavy atom. The second-order valence-corrected chi connectivity index (χ2v) is 8.96. The standard InChI is InChI=1S/C27H25N5O5/c1-4-37-27(34)22-15(3)29-26-24(23(22)19-6-5-11-28-19)25(33)20(31-26)13-16-8-10-18(30-16)17-9-7-14(2)12-21(17)32(35)36/h5-13,23-24,28,30H,4H2,1-3H3,(H,29,31)/b20-13+. The van der Waals surface area contributed by atoms with Gasteiger partial charge in [-0.1, -0.05) is 6.07 Å². The lowest BCUT2D eigenvalue weighted by Crippen LogP contribution is -2.42. The van der Waals surface area contributed by atoms with E-state index in [9.17, 15) is 19.7 Å². The normalized spacial score (nSPS) is 20.0. The van der Waals surface area contributed by atoms with E-state index in [2.05, 4.69) is 20.3 Å². The summed E-state index contributed by atoms with van der Waals surface area (Å²) < 4.78 is 5.30. The summed E-state index contributed by atoms with van der Waals surface area (Å²) in [5, 5.41) is 14.7. The molecule has 0 spiro atoms. The smallest absolute Gasteiger partial charge is 0.336 e. The summed E-state index contributed by atoms with van der Waals surface area (Å²) in [5.41, 5.74) is 4.25. The fourth-order valence-electron chi connectivity index (χ4n) is 4.90. The first-order valence-corrected chi connectivity index (χ1v) is 11.9. The number of nitrogens with one attached hydrogen (secondary N) is 3. The van der Waals surface area contributed by atoms with Crippen LogP contribution in [0.4, 0.5) is 5.69 Å². The van der Waals surface area contributed by atoms with Gasteiger partial charge in [-0.2, -0.15) is 0 Å². The summed E-state index contributed by atoms with van der Waals surface area (Å²) >= 11 is 0. The number of allylic oxidation sites excluding steroid dienone is 2. The number of aryl methyl sites for hydroxylation is 1. The molecule has 10 nitrogen and oxygen atoms in total. The first kappa shape index (κ1) is 24.0. The van der Waals surface area contributed by atoms with Crippen LogP contribution in [0.2, 0.25) is 0 Å². The molecule has 1 aromatic carbocycles. The SMILES string of the molecule is CCOC(=O)C1=C(C)NC2=N/C(=C/c3ccc(-c4ccc(C)cc4[N+](=O)[O-])[nH]3)C(=O)C2C1c1ccc[nH]1. The van der Waals surface area contributed by atoms with Gasteiger partial charge >= 0.3 is 5.97 Å². The highest BCUT2D eigenvalue weighted by Crippen LogP contribution is 2.42. The number of benzene rings is 1. The zero-order valence-electron chi connectivity index (χ0n) is 20.5. The van der Waals surface area contributed by atoms with Gasteiger partial charge in [-0.25, -0.2) is 9.79 Å². The van der Waals surface area contributed by atoms with Crippen molar-refractivity contribution in [2.45, 2.75) is 26.7 Å². The first-order valence-electron chi connectivity index (χ1n) is 11.9. The van der Waals surface area contributed by atoms with Gasteiger partial charge in [0.1, 0.15) is 11.5 Å². The van der Waals surface area contributed by atoms with E-state index in [1.165, 1.54) is 6.07 Å². The average molecular weight is 500 g/mol. The topological polar surface area (TPSA) is 142 Å². The number of carbonyl (C=O) groups excluding carboxylic acids is 2. The van der Waals surface area contributed by atoms with E-state index in [1.54, 1.807) is 57.3 Å². The van der Waals surface area contributed by atoms with Crippen LogP contribution in [0.25, 0.3) is 17.3 Å². The van der Waals surface area contributed by atoms with Crippen LogP contribution in [-0.2, 0) is 14.3 Å². The summed E-state index contributed by atoms with van der Waals surface area (Å²) in [7, 11) is 0. The molecule has 3 N–H and O–H groups in total. The van der Waals surface area contributed by atoms with E-state index in [4.69, 9.17) is 4.74 Å². The molecule has 2 aliphatic heterocycles. The van der Waals surface area contributed by atoms with E-state index >= 15 is 0 Å². The maximum absolute atomic E-state index is 13.6. The Bertz CT molecular complexity index is 1510. The summed E-state index contributed by atoms with van der Waals surface area (Å²) in [5.74, 6) is -1.57. The number of ketones is 1. The summed E-state index contributed by atoms with van der Waals surface area (Å²) in [6.07, 6.45) is 3.36. The predicted molar refractivity (Wildman–Crippen MR) is 138 cm³/mol. The van der Waals surface area contributed by atoms with Crippen molar-refractivity contribution in [2.75, 3.05) is 6.61 Å². The Morgan fingerprint density at radius 2 is 2.00 bits per heavy atom. The Labute approximate surface area is 212 Å². The maximum atomic E-state index is 13.6. The number of ether oxygens (including phenoxy) is 1. The van der Waals surface area contributed by atoms with Gasteiger partial charge in [0.25, 0.3) is 5.69 Å². The molecule has 0 saturated heterocycles. The second-order valence-electron chi connectivity index (χ2n) is 8.96. The van der Waals surface area contributed by atoms with Gasteiger partial charge in [-0.15, -0.1) is 0 Å². The van der Waals surface area contributed by atoms with Gasteiger partial charge in [0.05, 0.1) is 40.2 Å². The second kappa shape index (κ2) is 9.38. The molecule has 0 amide bonds. The molecule has 37 heavy (non-hydrogen) atoms. The zero-order chi connectivity index (χ0) is 26.3. The minimum atomic E-state index is -0.722. The Morgan fingerprint density at radius 3 is 2.70 bits per heavy atom. The molecule has 10 heteroatoms. The van der Waals surface area contributed by atoms with Crippen LogP contribution in [-0.4, -0.2) is 39.1 Å². The average Bonchev–Trinajstić information content (AvgIpc) is 3.60. The van der Waals surface area contributed by atoms with E-state index < -0.39 is 22.7 Å². The van der Waals surface area contributed by atoms with E-state index in [1.807, 2.05) is 12.1 Å². The third kappa shape index (κ3) is 4.26. The fourth-order valence-corrected chi connectivity index (χ4v) is 4.90. The number of carbonyl (C=O) groups is 2. The number of hydrogen-bond acceptors (Lipinski definition) is 7. The molecule has 0 saturated carbocycles. The van der Waals surface area contributed by atoms with Crippen molar-refractivity contribution in [1.82, 2.24) is 15.3 Å². The van der Waals surface area contributed by atoms with Gasteiger partial charge in [-0.3, -0.25) is 14.9 Å². The molecular weight excluding hydrogens is 474 g/mol. The molecule has 3 aromatic rings. The molecular formula is C27H25N5O5. The van der Waals surface area contributed by atoms with Gasteiger partial charge in [0, 0.05) is 29.3 Å². The molecule has 4 heterocycles. The lowest BCUT2D eigenvalue weighted by molar-refractivity contribution is -0.384.